The minimum atomic E-state index is -0.743. The molecule has 4 nitrogen and oxygen atoms in total. The van der Waals surface area contributed by atoms with Gasteiger partial charge in [0.2, 0.25) is 5.91 Å². The topological polar surface area (TPSA) is 57.6 Å². The Morgan fingerprint density at radius 3 is 2.22 bits per heavy atom. The molecule has 0 spiro atoms. The standard InChI is InChI=1S/C14H23NO3/c1-9(2)8-15(12-5-6-12)13(16)10-3-4-11(7-10)14(17)18/h9-12H,3-8H2,1-2H3,(H,17,18). The molecule has 0 aromatic heterocycles. The molecule has 102 valence electrons. The van der Waals surface area contributed by atoms with Crippen molar-refractivity contribution in [2.24, 2.45) is 17.8 Å². The summed E-state index contributed by atoms with van der Waals surface area (Å²) in [7, 11) is 0. The number of carbonyl (C=O) groups excluding carboxylic acids is 1. The van der Waals surface area contributed by atoms with E-state index in [9.17, 15) is 9.59 Å². The third-order valence-corrected chi connectivity index (χ3v) is 3.96. The zero-order chi connectivity index (χ0) is 13.3. The summed E-state index contributed by atoms with van der Waals surface area (Å²) in [5, 5.41) is 8.99. The van der Waals surface area contributed by atoms with Crippen molar-refractivity contribution in [3.8, 4) is 0 Å². The molecule has 0 aliphatic heterocycles. The Hall–Kier alpha value is -1.06. The van der Waals surface area contributed by atoms with Gasteiger partial charge in [0, 0.05) is 18.5 Å². The molecule has 0 aromatic carbocycles. The van der Waals surface area contributed by atoms with Gasteiger partial charge in [-0.05, 0) is 38.0 Å². The van der Waals surface area contributed by atoms with Crippen LogP contribution in [0, 0.1) is 17.8 Å². The highest BCUT2D eigenvalue weighted by molar-refractivity contribution is 5.81. The molecule has 0 bridgehead atoms. The number of nitrogens with zero attached hydrogens (tertiary/aromatic N) is 1. The summed E-state index contributed by atoms with van der Waals surface area (Å²) in [5.41, 5.74) is 0. The van der Waals surface area contributed by atoms with E-state index < -0.39 is 5.97 Å². The van der Waals surface area contributed by atoms with Crippen molar-refractivity contribution in [2.75, 3.05) is 6.54 Å². The van der Waals surface area contributed by atoms with E-state index in [2.05, 4.69) is 13.8 Å². The molecule has 2 saturated carbocycles. The van der Waals surface area contributed by atoms with Gasteiger partial charge in [0.15, 0.2) is 0 Å². The lowest BCUT2D eigenvalue weighted by atomic mass is 10.0. The van der Waals surface area contributed by atoms with Crippen molar-refractivity contribution in [1.29, 1.82) is 0 Å². The van der Waals surface area contributed by atoms with Crippen LogP contribution in [0.15, 0.2) is 0 Å². The first-order chi connectivity index (χ1) is 8.49. The average Bonchev–Trinajstić information content (AvgIpc) is 3.00. The fraction of sp³-hybridized carbons (Fsp3) is 0.857. The van der Waals surface area contributed by atoms with Gasteiger partial charge in [-0.15, -0.1) is 0 Å². The Morgan fingerprint density at radius 1 is 1.17 bits per heavy atom. The average molecular weight is 253 g/mol. The van der Waals surface area contributed by atoms with Gasteiger partial charge in [-0.25, -0.2) is 0 Å². The zero-order valence-electron chi connectivity index (χ0n) is 11.3. The van der Waals surface area contributed by atoms with Gasteiger partial charge in [0.05, 0.1) is 5.92 Å². The largest absolute Gasteiger partial charge is 0.481 e. The Morgan fingerprint density at radius 2 is 1.78 bits per heavy atom. The van der Waals surface area contributed by atoms with Crippen LogP contribution < -0.4 is 0 Å². The third-order valence-electron chi connectivity index (χ3n) is 3.96. The molecule has 2 atom stereocenters. The van der Waals surface area contributed by atoms with Gasteiger partial charge in [0.1, 0.15) is 0 Å². The van der Waals surface area contributed by atoms with Crippen LogP contribution in [-0.2, 0) is 9.59 Å². The highest BCUT2D eigenvalue weighted by Gasteiger charge is 2.40. The van der Waals surface area contributed by atoms with Crippen LogP contribution in [0.3, 0.4) is 0 Å². The van der Waals surface area contributed by atoms with E-state index >= 15 is 0 Å². The first-order valence-corrected chi connectivity index (χ1v) is 7.02. The molecular formula is C14H23NO3. The van der Waals surface area contributed by atoms with Gasteiger partial charge < -0.3 is 10.0 Å². The highest BCUT2D eigenvalue weighted by Crippen LogP contribution is 2.36. The molecule has 0 aromatic rings. The monoisotopic (exact) mass is 253 g/mol. The molecule has 0 saturated heterocycles. The van der Waals surface area contributed by atoms with Crippen LogP contribution in [0.2, 0.25) is 0 Å². The summed E-state index contributed by atoms with van der Waals surface area (Å²) >= 11 is 0. The number of hydrogen-bond donors (Lipinski definition) is 1. The predicted octanol–water partition coefficient (Wildman–Crippen LogP) is 2.13. The maximum Gasteiger partial charge on any atom is 0.306 e. The van der Waals surface area contributed by atoms with Crippen molar-refractivity contribution in [3.05, 3.63) is 0 Å². The number of amides is 1. The van der Waals surface area contributed by atoms with Crippen LogP contribution >= 0.6 is 0 Å². The van der Waals surface area contributed by atoms with Crippen molar-refractivity contribution in [2.45, 2.75) is 52.0 Å². The van der Waals surface area contributed by atoms with Gasteiger partial charge in [-0.1, -0.05) is 13.8 Å². The van der Waals surface area contributed by atoms with E-state index in [0.717, 1.165) is 25.8 Å². The minimum Gasteiger partial charge on any atom is -0.481 e. The van der Waals surface area contributed by atoms with Crippen molar-refractivity contribution < 1.29 is 14.7 Å². The zero-order valence-corrected chi connectivity index (χ0v) is 11.3. The fourth-order valence-electron chi connectivity index (χ4n) is 2.86. The molecule has 2 fully saturated rings. The van der Waals surface area contributed by atoms with E-state index in [0.29, 0.717) is 24.8 Å². The maximum atomic E-state index is 12.5. The summed E-state index contributed by atoms with van der Waals surface area (Å²) in [6.45, 7) is 5.06. The van der Waals surface area contributed by atoms with E-state index in [4.69, 9.17) is 5.11 Å². The third kappa shape index (κ3) is 3.03. The van der Waals surface area contributed by atoms with Crippen LogP contribution in [0.1, 0.15) is 46.0 Å². The molecule has 0 heterocycles. The van der Waals surface area contributed by atoms with Crippen LogP contribution in [-0.4, -0.2) is 34.5 Å². The molecule has 18 heavy (non-hydrogen) atoms. The smallest absolute Gasteiger partial charge is 0.306 e. The number of carboxylic acid groups (broad SMARTS) is 1. The van der Waals surface area contributed by atoms with Gasteiger partial charge in [0.25, 0.3) is 0 Å². The van der Waals surface area contributed by atoms with E-state index in [1.807, 2.05) is 4.90 Å². The Balaban J connectivity index is 1.94. The first kappa shape index (κ1) is 13.4. The lowest BCUT2D eigenvalue weighted by Gasteiger charge is -2.27. The minimum absolute atomic E-state index is 0.0505. The summed E-state index contributed by atoms with van der Waals surface area (Å²) in [4.78, 5) is 25.4. The maximum absolute atomic E-state index is 12.5. The second-order valence-electron chi connectivity index (χ2n) is 6.16. The van der Waals surface area contributed by atoms with Crippen molar-refractivity contribution in [3.63, 3.8) is 0 Å². The Bertz CT molecular complexity index is 336. The lowest BCUT2D eigenvalue weighted by Crippen LogP contribution is -2.39. The number of carboxylic acids is 1. The number of carbonyl (C=O) groups is 2. The van der Waals surface area contributed by atoms with Gasteiger partial charge in [-0.2, -0.15) is 0 Å². The fourth-order valence-corrected chi connectivity index (χ4v) is 2.86. The van der Waals surface area contributed by atoms with E-state index in [-0.39, 0.29) is 17.7 Å². The quantitative estimate of drug-likeness (QED) is 0.816. The predicted molar refractivity (Wildman–Crippen MR) is 68.0 cm³/mol. The molecule has 1 N–H and O–H groups in total. The van der Waals surface area contributed by atoms with E-state index in [1.165, 1.54) is 0 Å². The summed E-state index contributed by atoms with van der Waals surface area (Å²) in [5.74, 6) is -0.419. The van der Waals surface area contributed by atoms with Crippen LogP contribution in [0.25, 0.3) is 0 Å². The normalized spacial score (nSPS) is 27.5. The van der Waals surface area contributed by atoms with Gasteiger partial charge in [-0.3, -0.25) is 9.59 Å². The van der Waals surface area contributed by atoms with Crippen LogP contribution in [0.4, 0.5) is 0 Å². The van der Waals surface area contributed by atoms with E-state index in [1.54, 1.807) is 0 Å². The highest BCUT2D eigenvalue weighted by atomic mass is 16.4. The molecule has 2 rings (SSSR count). The summed E-state index contributed by atoms with van der Waals surface area (Å²) < 4.78 is 0. The molecule has 2 unspecified atom stereocenters. The lowest BCUT2D eigenvalue weighted by molar-refractivity contribution is -0.141. The SMILES string of the molecule is CC(C)CN(C(=O)C1CCC(C(=O)O)C1)C1CC1. The number of aliphatic carboxylic acids is 1. The second kappa shape index (κ2) is 5.29. The van der Waals surface area contributed by atoms with Gasteiger partial charge >= 0.3 is 5.97 Å². The molecular weight excluding hydrogens is 230 g/mol. The van der Waals surface area contributed by atoms with Crippen LogP contribution in [0.5, 0.6) is 0 Å². The summed E-state index contributed by atoms with van der Waals surface area (Å²) in [6.07, 6.45) is 4.18. The second-order valence-corrected chi connectivity index (χ2v) is 6.16. The Kier molecular flexibility index (Phi) is 3.93. The Labute approximate surface area is 108 Å². The summed E-state index contributed by atoms with van der Waals surface area (Å²) in [6, 6.07) is 0.434. The molecule has 2 aliphatic rings. The molecule has 0 radical (unpaired) electrons. The van der Waals surface area contributed by atoms with Crippen molar-refractivity contribution >= 4 is 11.9 Å². The number of rotatable bonds is 5. The molecule has 1 amide bonds. The number of hydrogen-bond acceptors (Lipinski definition) is 2. The first-order valence-electron chi connectivity index (χ1n) is 7.02. The molecule has 2 aliphatic carbocycles. The van der Waals surface area contributed by atoms with Crippen molar-refractivity contribution in [1.82, 2.24) is 4.90 Å². The molecule has 4 heteroatoms.